The van der Waals surface area contributed by atoms with Crippen molar-refractivity contribution < 1.29 is 9.32 Å². The molecule has 0 spiro atoms. The number of imidazole rings is 1. The van der Waals surface area contributed by atoms with Crippen molar-refractivity contribution in [2.75, 3.05) is 6.54 Å². The maximum atomic E-state index is 12.8. The zero-order chi connectivity index (χ0) is 21.6. The Morgan fingerprint density at radius 3 is 2.67 bits per heavy atom. The maximum absolute atomic E-state index is 12.8. The van der Waals surface area contributed by atoms with Gasteiger partial charge in [-0.3, -0.25) is 13.9 Å². The van der Waals surface area contributed by atoms with Crippen LogP contribution in [0, 0.1) is 5.41 Å². The van der Waals surface area contributed by atoms with Crippen LogP contribution in [0.4, 0.5) is 0 Å². The fourth-order valence-corrected chi connectivity index (χ4v) is 4.35. The van der Waals surface area contributed by atoms with Crippen LogP contribution in [0.1, 0.15) is 62.6 Å². The number of pyridine rings is 1. The lowest BCUT2D eigenvalue weighted by Gasteiger charge is -2.37. The van der Waals surface area contributed by atoms with Gasteiger partial charge in [0.15, 0.2) is 11.3 Å². The lowest BCUT2D eigenvalue weighted by atomic mass is 9.88. The number of hydrogen-bond acceptors (Lipinski definition) is 5. The number of rotatable bonds is 3. The van der Waals surface area contributed by atoms with E-state index in [1.807, 2.05) is 21.6 Å². The largest absolute Gasteiger partial charge is 0.364 e. The summed E-state index contributed by atoms with van der Waals surface area (Å²) in [5.41, 5.74) is 2.87. The molecule has 3 aromatic rings. The lowest BCUT2D eigenvalue weighted by Crippen LogP contribution is -2.44. The van der Waals surface area contributed by atoms with E-state index in [0.29, 0.717) is 18.8 Å². The number of likely N-dealkylation sites (tertiary alicyclic amines) is 1. The van der Waals surface area contributed by atoms with Gasteiger partial charge in [0, 0.05) is 43.9 Å². The predicted octanol–water partition coefficient (Wildman–Crippen LogP) is 3.18. The molecule has 2 atom stereocenters. The van der Waals surface area contributed by atoms with E-state index in [2.05, 4.69) is 32.9 Å². The summed E-state index contributed by atoms with van der Waals surface area (Å²) in [6.45, 7) is 9.70. The minimum absolute atomic E-state index is 0.00454. The molecule has 30 heavy (non-hydrogen) atoms. The normalized spacial score (nSPS) is 20.1. The highest BCUT2D eigenvalue weighted by Crippen LogP contribution is 2.32. The van der Waals surface area contributed by atoms with Crippen LogP contribution in [0.15, 0.2) is 33.8 Å². The van der Waals surface area contributed by atoms with E-state index in [4.69, 9.17) is 9.51 Å². The van der Waals surface area contributed by atoms with Crippen molar-refractivity contribution in [2.45, 2.75) is 59.0 Å². The van der Waals surface area contributed by atoms with Crippen molar-refractivity contribution in [1.82, 2.24) is 24.2 Å². The molecule has 0 radical (unpaired) electrons. The highest BCUT2D eigenvalue weighted by molar-refractivity contribution is 5.92. The number of carbonyl (C=O) groups excluding carboxylic acids is 1. The number of aryl methyl sites for hydroxylation is 1. The molecule has 4 heterocycles. The summed E-state index contributed by atoms with van der Waals surface area (Å²) in [4.78, 5) is 32.1. The van der Waals surface area contributed by atoms with Crippen LogP contribution < -0.4 is 5.69 Å². The third-order valence-electron chi connectivity index (χ3n) is 5.85. The highest BCUT2D eigenvalue weighted by Gasteiger charge is 2.32. The van der Waals surface area contributed by atoms with E-state index in [1.54, 1.807) is 17.7 Å². The predicted molar refractivity (Wildman–Crippen MR) is 113 cm³/mol. The minimum atomic E-state index is -0.0974. The first kappa shape index (κ1) is 20.4. The summed E-state index contributed by atoms with van der Waals surface area (Å²) >= 11 is 0. The molecule has 8 nitrogen and oxygen atoms in total. The molecule has 0 N–H and O–H groups in total. The van der Waals surface area contributed by atoms with Gasteiger partial charge in [0.05, 0.1) is 5.52 Å². The Morgan fingerprint density at radius 1 is 1.27 bits per heavy atom. The van der Waals surface area contributed by atoms with Crippen molar-refractivity contribution in [2.24, 2.45) is 12.5 Å². The van der Waals surface area contributed by atoms with Crippen LogP contribution in [0.3, 0.4) is 0 Å². The lowest BCUT2D eigenvalue weighted by molar-refractivity contribution is 0.0604. The minimum Gasteiger partial charge on any atom is -0.364 e. The molecule has 4 rings (SSSR count). The van der Waals surface area contributed by atoms with Gasteiger partial charge in [-0.1, -0.05) is 25.9 Å². The van der Waals surface area contributed by atoms with E-state index < -0.39 is 0 Å². The van der Waals surface area contributed by atoms with Gasteiger partial charge < -0.3 is 9.42 Å². The van der Waals surface area contributed by atoms with Crippen LogP contribution in [0.2, 0.25) is 0 Å². The molecule has 8 heteroatoms. The van der Waals surface area contributed by atoms with Gasteiger partial charge in [0.2, 0.25) is 0 Å². The maximum Gasteiger partial charge on any atom is 0.330 e. The van der Waals surface area contributed by atoms with Gasteiger partial charge in [0.25, 0.3) is 5.91 Å². The molecule has 1 aliphatic heterocycles. The quantitative estimate of drug-likeness (QED) is 0.661. The Labute approximate surface area is 175 Å². The fraction of sp³-hybridized carbons (Fsp3) is 0.545. The summed E-state index contributed by atoms with van der Waals surface area (Å²) in [6.07, 6.45) is 3.06. The SMILES string of the molecule is CC1CC(c2ccc3c(n2)n(C)c(=O)n3CC(C)(C)C)CCN1C(=O)c1ccon1. The second kappa shape index (κ2) is 7.41. The van der Waals surface area contributed by atoms with Crippen LogP contribution in [-0.4, -0.2) is 42.7 Å². The molecule has 1 fully saturated rings. The standard InChI is InChI=1S/C22H29N5O3/c1-14-12-15(8-10-26(14)20(28)17-9-11-30-24-17)16-6-7-18-19(23-16)25(5)21(29)27(18)13-22(2,3)4/h6-7,9,11,14-15H,8,10,12-13H2,1-5H3. The van der Waals surface area contributed by atoms with Crippen molar-refractivity contribution in [1.29, 1.82) is 0 Å². The fourth-order valence-electron chi connectivity index (χ4n) is 4.35. The molecule has 1 saturated heterocycles. The monoisotopic (exact) mass is 411 g/mol. The molecule has 160 valence electrons. The molecule has 1 amide bonds. The summed E-state index contributed by atoms with van der Waals surface area (Å²) in [5.74, 6) is 0.145. The van der Waals surface area contributed by atoms with E-state index >= 15 is 0 Å². The molecular weight excluding hydrogens is 382 g/mol. The van der Waals surface area contributed by atoms with Crippen molar-refractivity contribution in [3.05, 3.63) is 46.3 Å². The molecule has 1 aliphatic rings. The van der Waals surface area contributed by atoms with E-state index in [-0.39, 0.29) is 29.0 Å². The molecule has 0 aliphatic carbocycles. The molecule has 0 aromatic carbocycles. The average molecular weight is 412 g/mol. The van der Waals surface area contributed by atoms with E-state index in [9.17, 15) is 9.59 Å². The molecule has 3 aromatic heterocycles. The van der Waals surface area contributed by atoms with Crippen molar-refractivity contribution >= 4 is 17.1 Å². The second-order valence-corrected chi connectivity index (χ2v) is 9.52. The van der Waals surface area contributed by atoms with Gasteiger partial charge in [-0.05, 0) is 37.3 Å². The third-order valence-corrected chi connectivity index (χ3v) is 5.85. The Kier molecular flexibility index (Phi) is 5.03. The Balaban J connectivity index is 1.58. The molecule has 0 bridgehead atoms. The van der Waals surface area contributed by atoms with Gasteiger partial charge in [-0.15, -0.1) is 0 Å². The van der Waals surface area contributed by atoms with Crippen LogP contribution in [0.25, 0.3) is 11.2 Å². The van der Waals surface area contributed by atoms with Crippen LogP contribution in [-0.2, 0) is 13.6 Å². The van der Waals surface area contributed by atoms with Gasteiger partial charge in [-0.2, -0.15) is 0 Å². The number of carbonyl (C=O) groups is 1. The van der Waals surface area contributed by atoms with E-state index in [0.717, 1.165) is 29.7 Å². The van der Waals surface area contributed by atoms with Crippen molar-refractivity contribution in [3.8, 4) is 0 Å². The zero-order valence-corrected chi connectivity index (χ0v) is 18.3. The van der Waals surface area contributed by atoms with Crippen molar-refractivity contribution in [3.63, 3.8) is 0 Å². The first-order chi connectivity index (χ1) is 14.2. The number of hydrogen-bond donors (Lipinski definition) is 0. The van der Waals surface area contributed by atoms with Gasteiger partial charge in [0.1, 0.15) is 6.26 Å². The topological polar surface area (TPSA) is 86.2 Å². The second-order valence-electron chi connectivity index (χ2n) is 9.52. The molecule has 2 unspecified atom stereocenters. The van der Waals surface area contributed by atoms with E-state index in [1.165, 1.54) is 6.26 Å². The van der Waals surface area contributed by atoms with Crippen LogP contribution >= 0.6 is 0 Å². The average Bonchev–Trinajstić information content (AvgIpc) is 3.30. The summed E-state index contributed by atoms with van der Waals surface area (Å²) in [7, 11) is 1.78. The smallest absolute Gasteiger partial charge is 0.330 e. The summed E-state index contributed by atoms with van der Waals surface area (Å²) in [6, 6.07) is 5.72. The Morgan fingerprint density at radius 2 is 2.03 bits per heavy atom. The van der Waals surface area contributed by atoms with Gasteiger partial charge in [-0.25, -0.2) is 9.78 Å². The number of amides is 1. The molecular formula is C22H29N5O3. The first-order valence-electron chi connectivity index (χ1n) is 10.4. The third kappa shape index (κ3) is 3.66. The summed E-state index contributed by atoms with van der Waals surface area (Å²) < 4.78 is 8.26. The zero-order valence-electron chi connectivity index (χ0n) is 18.3. The molecule has 0 saturated carbocycles. The van der Waals surface area contributed by atoms with Gasteiger partial charge >= 0.3 is 5.69 Å². The van der Waals surface area contributed by atoms with Crippen LogP contribution in [0.5, 0.6) is 0 Å². The first-order valence-corrected chi connectivity index (χ1v) is 10.4. The summed E-state index contributed by atoms with van der Waals surface area (Å²) in [5, 5.41) is 3.77. The number of nitrogens with zero attached hydrogens (tertiary/aromatic N) is 5. The highest BCUT2D eigenvalue weighted by atomic mass is 16.5. The Hall–Kier alpha value is -2.90. The Bertz CT molecular complexity index is 1120. The number of aromatic nitrogens is 4. The number of fused-ring (bicyclic) bond motifs is 1. The number of piperidine rings is 1.